The van der Waals surface area contributed by atoms with Crippen LogP contribution in [0.4, 0.5) is 13.9 Å². The van der Waals surface area contributed by atoms with Crippen molar-refractivity contribution in [2.24, 2.45) is 7.05 Å². The number of thiazole rings is 1. The van der Waals surface area contributed by atoms with Crippen LogP contribution in [-0.4, -0.2) is 51.5 Å². The highest BCUT2D eigenvalue weighted by atomic mass is 32.1. The number of benzene rings is 1. The Morgan fingerprint density at radius 2 is 1.96 bits per heavy atom. The molecule has 0 radical (unpaired) electrons. The van der Waals surface area contributed by atoms with Gasteiger partial charge in [-0.1, -0.05) is 25.2 Å². The van der Waals surface area contributed by atoms with Crippen LogP contribution in [0.2, 0.25) is 0 Å². The third kappa shape index (κ3) is 3.98. The highest BCUT2D eigenvalue weighted by Gasteiger charge is 2.25. The smallest absolute Gasteiger partial charge is 0.296 e. The van der Waals surface area contributed by atoms with Gasteiger partial charge in [0, 0.05) is 38.6 Å². The second-order valence-electron chi connectivity index (χ2n) is 6.08. The number of imidazole rings is 1. The van der Waals surface area contributed by atoms with E-state index in [0.717, 1.165) is 30.5 Å². The normalized spacial score (nSPS) is 11.5. The number of amides is 1. The largest absolute Gasteiger partial charge is 0.330 e. The number of carbonyl (C=O) groups is 1. The van der Waals surface area contributed by atoms with Crippen LogP contribution in [-0.2, 0) is 7.05 Å². The number of aryl methyl sites for hydroxylation is 1. The Morgan fingerprint density at radius 1 is 1.22 bits per heavy atom. The van der Waals surface area contributed by atoms with Crippen molar-refractivity contribution in [3.8, 4) is 0 Å². The van der Waals surface area contributed by atoms with Crippen LogP contribution < -0.4 is 4.90 Å². The van der Waals surface area contributed by atoms with Gasteiger partial charge in [-0.2, -0.15) is 0 Å². The zero-order chi connectivity index (χ0) is 19.6. The van der Waals surface area contributed by atoms with Gasteiger partial charge in [-0.3, -0.25) is 9.69 Å². The SMILES string of the molecule is CCN(CC)CCN(C(=O)c1nccn1C)c1nc2c(F)cc(F)cc2s1. The second kappa shape index (κ2) is 8.10. The molecule has 1 aromatic carbocycles. The first kappa shape index (κ1) is 19.4. The maximum atomic E-state index is 14.1. The fraction of sp³-hybridized carbons (Fsp3) is 0.389. The zero-order valence-electron chi connectivity index (χ0n) is 15.4. The molecule has 0 bridgehead atoms. The summed E-state index contributed by atoms with van der Waals surface area (Å²) < 4.78 is 29.6. The van der Waals surface area contributed by atoms with Gasteiger partial charge in [-0.15, -0.1) is 0 Å². The average molecular weight is 393 g/mol. The van der Waals surface area contributed by atoms with Crippen molar-refractivity contribution >= 4 is 32.6 Å². The molecule has 27 heavy (non-hydrogen) atoms. The summed E-state index contributed by atoms with van der Waals surface area (Å²) >= 11 is 1.09. The third-order valence-electron chi connectivity index (χ3n) is 4.42. The molecule has 0 atom stereocenters. The molecule has 1 amide bonds. The highest BCUT2D eigenvalue weighted by molar-refractivity contribution is 7.22. The number of hydrogen-bond acceptors (Lipinski definition) is 5. The van der Waals surface area contributed by atoms with Crippen molar-refractivity contribution < 1.29 is 13.6 Å². The topological polar surface area (TPSA) is 54.3 Å². The number of rotatable bonds is 7. The molecule has 0 saturated heterocycles. The standard InChI is InChI=1S/C18H21F2N5OS/c1-4-24(5-2)8-9-25(17(26)16-21-6-7-23(16)3)18-22-15-13(20)10-12(19)11-14(15)27-18/h6-7,10-11H,4-5,8-9H2,1-3H3. The number of fused-ring (bicyclic) bond motifs is 1. The number of halogens is 2. The minimum atomic E-state index is -0.736. The molecule has 0 aliphatic carbocycles. The summed E-state index contributed by atoms with van der Waals surface area (Å²) in [5, 5.41) is 0.328. The lowest BCUT2D eigenvalue weighted by Gasteiger charge is -2.24. The van der Waals surface area contributed by atoms with Crippen LogP contribution in [0.15, 0.2) is 24.5 Å². The van der Waals surface area contributed by atoms with Crippen LogP contribution in [0.3, 0.4) is 0 Å². The van der Waals surface area contributed by atoms with Gasteiger partial charge in [0.05, 0.1) is 4.70 Å². The number of anilines is 1. The molecular formula is C18H21F2N5OS. The zero-order valence-corrected chi connectivity index (χ0v) is 16.3. The first-order chi connectivity index (χ1) is 12.9. The number of carbonyl (C=O) groups excluding carboxylic acids is 1. The van der Waals surface area contributed by atoms with E-state index in [-0.39, 0.29) is 17.2 Å². The van der Waals surface area contributed by atoms with Gasteiger partial charge >= 0.3 is 0 Å². The van der Waals surface area contributed by atoms with E-state index in [0.29, 0.717) is 22.9 Å². The van der Waals surface area contributed by atoms with Crippen molar-refractivity contribution in [3.05, 3.63) is 42.0 Å². The van der Waals surface area contributed by atoms with E-state index >= 15 is 0 Å². The molecule has 144 valence electrons. The van der Waals surface area contributed by atoms with Gasteiger partial charge in [0.1, 0.15) is 11.3 Å². The molecule has 0 unspecified atom stereocenters. The highest BCUT2D eigenvalue weighted by Crippen LogP contribution is 2.31. The Bertz CT molecular complexity index is 951. The van der Waals surface area contributed by atoms with Gasteiger partial charge in [-0.05, 0) is 19.2 Å². The molecule has 0 saturated carbocycles. The molecule has 0 fully saturated rings. The summed E-state index contributed by atoms with van der Waals surface area (Å²) in [7, 11) is 1.73. The van der Waals surface area contributed by atoms with Crippen molar-refractivity contribution in [1.82, 2.24) is 19.4 Å². The van der Waals surface area contributed by atoms with E-state index in [2.05, 4.69) is 14.9 Å². The van der Waals surface area contributed by atoms with E-state index in [4.69, 9.17) is 0 Å². The van der Waals surface area contributed by atoms with Crippen molar-refractivity contribution in [2.75, 3.05) is 31.1 Å². The number of nitrogens with zero attached hydrogens (tertiary/aromatic N) is 5. The van der Waals surface area contributed by atoms with E-state index in [1.807, 2.05) is 13.8 Å². The summed E-state index contributed by atoms with van der Waals surface area (Å²) in [4.78, 5) is 25.1. The first-order valence-electron chi connectivity index (χ1n) is 8.71. The Kier molecular flexibility index (Phi) is 5.81. The third-order valence-corrected chi connectivity index (χ3v) is 5.45. The van der Waals surface area contributed by atoms with Gasteiger partial charge in [-0.25, -0.2) is 18.7 Å². The monoisotopic (exact) mass is 393 g/mol. The lowest BCUT2D eigenvalue weighted by Crippen LogP contribution is -2.39. The molecule has 0 aliphatic heterocycles. The summed E-state index contributed by atoms with van der Waals surface area (Å²) in [5.74, 6) is -1.46. The maximum absolute atomic E-state index is 14.1. The molecule has 6 nitrogen and oxygen atoms in total. The van der Waals surface area contributed by atoms with E-state index < -0.39 is 11.6 Å². The number of hydrogen-bond donors (Lipinski definition) is 0. The molecule has 2 aromatic heterocycles. The second-order valence-corrected chi connectivity index (χ2v) is 7.09. The van der Waals surface area contributed by atoms with E-state index in [9.17, 15) is 13.6 Å². The predicted octanol–water partition coefficient (Wildman–Crippen LogP) is 3.30. The number of likely N-dealkylation sites (N-methyl/N-ethyl adjacent to an activating group) is 1. The quantitative estimate of drug-likeness (QED) is 0.618. The van der Waals surface area contributed by atoms with Gasteiger partial charge in [0.25, 0.3) is 5.91 Å². The average Bonchev–Trinajstić information content (AvgIpc) is 3.24. The number of aromatic nitrogens is 3. The lowest BCUT2D eigenvalue weighted by molar-refractivity contribution is 0.0971. The van der Waals surface area contributed by atoms with E-state index in [1.165, 1.54) is 11.0 Å². The molecule has 2 heterocycles. The summed E-state index contributed by atoms with van der Waals surface area (Å²) in [5.41, 5.74) is 0.0666. The molecular weight excluding hydrogens is 372 g/mol. The molecule has 3 aromatic rings. The molecule has 0 spiro atoms. The van der Waals surface area contributed by atoms with Gasteiger partial charge in [0.15, 0.2) is 16.8 Å². The Hall–Kier alpha value is -2.39. The molecule has 0 N–H and O–H groups in total. The van der Waals surface area contributed by atoms with Crippen molar-refractivity contribution in [2.45, 2.75) is 13.8 Å². The predicted molar refractivity (Wildman–Crippen MR) is 102 cm³/mol. The Morgan fingerprint density at radius 3 is 2.59 bits per heavy atom. The molecule has 9 heteroatoms. The minimum absolute atomic E-state index is 0.0666. The van der Waals surface area contributed by atoms with Crippen LogP contribution in [0.5, 0.6) is 0 Å². The maximum Gasteiger partial charge on any atom is 0.296 e. The molecule has 0 aliphatic rings. The van der Waals surface area contributed by atoms with Crippen LogP contribution in [0.25, 0.3) is 10.2 Å². The Balaban J connectivity index is 1.99. The first-order valence-corrected chi connectivity index (χ1v) is 9.53. The summed E-state index contributed by atoms with van der Waals surface area (Å²) in [6.07, 6.45) is 3.23. The van der Waals surface area contributed by atoms with Crippen LogP contribution in [0, 0.1) is 11.6 Å². The fourth-order valence-electron chi connectivity index (χ4n) is 2.82. The Labute approximate surface area is 160 Å². The van der Waals surface area contributed by atoms with Gasteiger partial charge in [0.2, 0.25) is 0 Å². The van der Waals surface area contributed by atoms with Crippen LogP contribution in [0.1, 0.15) is 24.5 Å². The van der Waals surface area contributed by atoms with Crippen LogP contribution >= 0.6 is 11.3 Å². The van der Waals surface area contributed by atoms with E-state index in [1.54, 1.807) is 24.0 Å². The lowest BCUT2D eigenvalue weighted by atomic mass is 10.3. The van der Waals surface area contributed by atoms with Gasteiger partial charge < -0.3 is 9.47 Å². The molecule has 3 rings (SSSR count). The van der Waals surface area contributed by atoms with Crippen molar-refractivity contribution in [1.29, 1.82) is 0 Å². The summed E-state index contributed by atoms with van der Waals surface area (Å²) in [6, 6.07) is 2.03. The fourth-order valence-corrected chi connectivity index (χ4v) is 3.85. The minimum Gasteiger partial charge on any atom is -0.330 e. The summed E-state index contributed by atoms with van der Waals surface area (Å²) in [6.45, 7) is 6.79. The van der Waals surface area contributed by atoms with Crippen molar-refractivity contribution in [3.63, 3.8) is 0 Å².